The molecule has 2 amide bonds. The van der Waals surface area contributed by atoms with Crippen LogP contribution in [-0.2, 0) is 9.59 Å². The highest BCUT2D eigenvalue weighted by atomic mass is 35.5. The molecule has 19 heavy (non-hydrogen) atoms. The Hall–Kier alpha value is -1.59. The standard InChI is InChI=1S/C13H17ClN2O3/c1-2-10(7-8-17)15-12(18)13(19)16-11-5-3-9(14)4-6-11/h3-6,10,17H,2,7-8H2,1H3,(H,15,18)(H,16,19). The predicted octanol–water partition coefficient (Wildman–Crippen LogP) is 1.56. The molecule has 0 heterocycles. The minimum atomic E-state index is -0.737. The van der Waals surface area contributed by atoms with E-state index in [1.54, 1.807) is 24.3 Å². The molecule has 3 N–H and O–H groups in total. The van der Waals surface area contributed by atoms with E-state index in [9.17, 15) is 9.59 Å². The van der Waals surface area contributed by atoms with Crippen LogP contribution in [-0.4, -0.2) is 29.6 Å². The molecule has 0 aromatic heterocycles. The summed E-state index contributed by atoms with van der Waals surface area (Å²) in [6.45, 7) is 1.84. The maximum atomic E-state index is 11.6. The first-order valence-corrected chi connectivity index (χ1v) is 6.43. The molecule has 0 aliphatic heterocycles. The molecule has 0 saturated heterocycles. The number of benzene rings is 1. The van der Waals surface area contributed by atoms with Gasteiger partial charge in [-0.25, -0.2) is 0 Å². The van der Waals surface area contributed by atoms with E-state index in [0.29, 0.717) is 23.6 Å². The molecule has 0 aliphatic rings. The Bertz CT molecular complexity index is 434. The van der Waals surface area contributed by atoms with E-state index in [1.807, 2.05) is 6.92 Å². The molecule has 0 bridgehead atoms. The third-order valence-corrected chi connectivity index (χ3v) is 2.87. The minimum Gasteiger partial charge on any atom is -0.396 e. The average Bonchev–Trinajstić information content (AvgIpc) is 2.40. The fourth-order valence-electron chi connectivity index (χ4n) is 1.51. The van der Waals surface area contributed by atoms with Crippen LogP contribution < -0.4 is 10.6 Å². The summed E-state index contributed by atoms with van der Waals surface area (Å²) < 4.78 is 0. The molecule has 1 unspecified atom stereocenters. The molecule has 1 aromatic rings. The number of hydrogen-bond acceptors (Lipinski definition) is 3. The molecule has 5 nitrogen and oxygen atoms in total. The molecule has 0 spiro atoms. The van der Waals surface area contributed by atoms with E-state index in [-0.39, 0.29) is 12.6 Å². The van der Waals surface area contributed by atoms with Gasteiger partial charge >= 0.3 is 11.8 Å². The van der Waals surface area contributed by atoms with Crippen LogP contribution in [0.15, 0.2) is 24.3 Å². The van der Waals surface area contributed by atoms with Crippen molar-refractivity contribution >= 4 is 29.1 Å². The number of amides is 2. The van der Waals surface area contributed by atoms with Crippen LogP contribution in [0.25, 0.3) is 0 Å². The lowest BCUT2D eigenvalue weighted by molar-refractivity contribution is -0.136. The van der Waals surface area contributed by atoms with Gasteiger partial charge < -0.3 is 15.7 Å². The fraction of sp³-hybridized carbons (Fsp3) is 0.385. The maximum Gasteiger partial charge on any atom is 0.313 e. The van der Waals surface area contributed by atoms with Crippen molar-refractivity contribution in [3.63, 3.8) is 0 Å². The number of carbonyl (C=O) groups excluding carboxylic acids is 2. The van der Waals surface area contributed by atoms with E-state index < -0.39 is 11.8 Å². The lowest BCUT2D eigenvalue weighted by Gasteiger charge is -2.15. The van der Waals surface area contributed by atoms with Crippen molar-refractivity contribution < 1.29 is 14.7 Å². The first-order chi connectivity index (χ1) is 9.06. The van der Waals surface area contributed by atoms with Crippen LogP contribution in [0, 0.1) is 0 Å². The second kappa shape index (κ2) is 7.76. The van der Waals surface area contributed by atoms with Crippen molar-refractivity contribution in [2.45, 2.75) is 25.8 Å². The average molecular weight is 285 g/mol. The van der Waals surface area contributed by atoms with Gasteiger partial charge in [0.1, 0.15) is 0 Å². The van der Waals surface area contributed by atoms with Crippen LogP contribution >= 0.6 is 11.6 Å². The number of halogens is 1. The van der Waals surface area contributed by atoms with Crippen molar-refractivity contribution in [2.75, 3.05) is 11.9 Å². The molecule has 6 heteroatoms. The van der Waals surface area contributed by atoms with Crippen LogP contribution in [0.5, 0.6) is 0 Å². The van der Waals surface area contributed by atoms with Gasteiger partial charge in [-0.05, 0) is 37.1 Å². The number of anilines is 1. The molecule has 1 atom stereocenters. The van der Waals surface area contributed by atoms with Gasteiger partial charge in [0.05, 0.1) is 0 Å². The Morgan fingerprint density at radius 1 is 1.26 bits per heavy atom. The minimum absolute atomic E-state index is 0.0302. The molecule has 0 aliphatic carbocycles. The number of aliphatic hydroxyl groups excluding tert-OH is 1. The van der Waals surface area contributed by atoms with Crippen molar-refractivity contribution in [3.8, 4) is 0 Å². The van der Waals surface area contributed by atoms with Gasteiger partial charge in [-0.1, -0.05) is 18.5 Å². The van der Waals surface area contributed by atoms with Crippen LogP contribution in [0.2, 0.25) is 5.02 Å². The number of nitrogens with one attached hydrogen (secondary N) is 2. The smallest absolute Gasteiger partial charge is 0.313 e. The number of carbonyl (C=O) groups is 2. The molecule has 104 valence electrons. The molecule has 1 rings (SSSR count). The highest BCUT2D eigenvalue weighted by Crippen LogP contribution is 2.13. The fourth-order valence-corrected chi connectivity index (χ4v) is 1.63. The van der Waals surface area contributed by atoms with E-state index in [4.69, 9.17) is 16.7 Å². The van der Waals surface area contributed by atoms with Crippen LogP contribution in [0.4, 0.5) is 5.69 Å². The summed E-state index contributed by atoms with van der Waals surface area (Å²) in [7, 11) is 0. The number of aliphatic hydroxyl groups is 1. The van der Waals surface area contributed by atoms with Gasteiger partial charge in [0.15, 0.2) is 0 Å². The van der Waals surface area contributed by atoms with E-state index in [0.717, 1.165) is 0 Å². The summed E-state index contributed by atoms with van der Waals surface area (Å²) in [6.07, 6.45) is 1.08. The van der Waals surface area contributed by atoms with Crippen molar-refractivity contribution in [1.82, 2.24) is 5.32 Å². The summed E-state index contributed by atoms with van der Waals surface area (Å²) in [4.78, 5) is 23.3. The second-order valence-corrected chi connectivity index (χ2v) is 4.49. The zero-order valence-electron chi connectivity index (χ0n) is 10.6. The Morgan fingerprint density at radius 2 is 1.89 bits per heavy atom. The molecule has 1 aromatic carbocycles. The van der Waals surface area contributed by atoms with E-state index >= 15 is 0 Å². The zero-order valence-corrected chi connectivity index (χ0v) is 11.4. The zero-order chi connectivity index (χ0) is 14.3. The third kappa shape index (κ3) is 5.28. The highest BCUT2D eigenvalue weighted by molar-refractivity contribution is 6.39. The van der Waals surface area contributed by atoms with Gasteiger partial charge in [-0.15, -0.1) is 0 Å². The number of rotatable bonds is 5. The lowest BCUT2D eigenvalue weighted by Crippen LogP contribution is -2.42. The summed E-state index contributed by atoms with van der Waals surface area (Å²) in [5, 5.41) is 14.4. The first kappa shape index (κ1) is 15.5. The Balaban J connectivity index is 2.52. The summed E-state index contributed by atoms with van der Waals surface area (Å²) in [5.41, 5.74) is 0.500. The van der Waals surface area contributed by atoms with Crippen LogP contribution in [0.1, 0.15) is 19.8 Å². The Morgan fingerprint density at radius 3 is 2.42 bits per heavy atom. The summed E-state index contributed by atoms with van der Waals surface area (Å²) in [5.74, 6) is -1.45. The molecular weight excluding hydrogens is 268 g/mol. The molecule has 0 saturated carbocycles. The Kier molecular flexibility index (Phi) is 6.32. The van der Waals surface area contributed by atoms with Crippen molar-refractivity contribution in [3.05, 3.63) is 29.3 Å². The summed E-state index contributed by atoms with van der Waals surface area (Å²) in [6, 6.07) is 6.26. The molecule has 0 fully saturated rings. The normalized spacial score (nSPS) is 11.7. The SMILES string of the molecule is CCC(CCO)NC(=O)C(=O)Nc1ccc(Cl)cc1. The van der Waals surface area contributed by atoms with E-state index in [2.05, 4.69) is 10.6 Å². The van der Waals surface area contributed by atoms with E-state index in [1.165, 1.54) is 0 Å². The van der Waals surface area contributed by atoms with Crippen molar-refractivity contribution in [2.24, 2.45) is 0 Å². The van der Waals surface area contributed by atoms with Gasteiger partial charge in [-0.2, -0.15) is 0 Å². The molecule has 0 radical (unpaired) electrons. The van der Waals surface area contributed by atoms with Crippen molar-refractivity contribution in [1.29, 1.82) is 0 Å². The molecular formula is C13H17ClN2O3. The Labute approximate surface area is 117 Å². The number of hydrogen-bond donors (Lipinski definition) is 3. The summed E-state index contributed by atoms with van der Waals surface area (Å²) >= 11 is 5.72. The lowest BCUT2D eigenvalue weighted by atomic mass is 10.1. The second-order valence-electron chi connectivity index (χ2n) is 4.05. The predicted molar refractivity (Wildman–Crippen MR) is 74.0 cm³/mol. The highest BCUT2D eigenvalue weighted by Gasteiger charge is 2.17. The van der Waals surface area contributed by atoms with Gasteiger partial charge in [-0.3, -0.25) is 9.59 Å². The van der Waals surface area contributed by atoms with Gasteiger partial charge in [0, 0.05) is 23.4 Å². The van der Waals surface area contributed by atoms with Gasteiger partial charge in [0.25, 0.3) is 0 Å². The monoisotopic (exact) mass is 284 g/mol. The maximum absolute atomic E-state index is 11.6. The topological polar surface area (TPSA) is 78.4 Å². The van der Waals surface area contributed by atoms with Gasteiger partial charge in [0.2, 0.25) is 0 Å². The van der Waals surface area contributed by atoms with Crippen LogP contribution in [0.3, 0.4) is 0 Å². The quantitative estimate of drug-likeness (QED) is 0.718. The largest absolute Gasteiger partial charge is 0.396 e. The first-order valence-electron chi connectivity index (χ1n) is 6.05. The third-order valence-electron chi connectivity index (χ3n) is 2.61.